The van der Waals surface area contributed by atoms with E-state index in [4.69, 9.17) is 10.8 Å². The van der Waals surface area contributed by atoms with Gasteiger partial charge in [0.05, 0.1) is 36.2 Å². The maximum atomic E-state index is 14.2. The Hall–Kier alpha value is -4.21. The van der Waals surface area contributed by atoms with Gasteiger partial charge in [0.1, 0.15) is 11.5 Å². The molecule has 0 unspecified atom stereocenters. The largest absolute Gasteiger partial charge is 0.481 e. The van der Waals surface area contributed by atoms with Crippen LogP contribution in [0, 0.1) is 5.82 Å². The summed E-state index contributed by atoms with van der Waals surface area (Å²) in [5.74, 6) is -1.30. The van der Waals surface area contributed by atoms with Gasteiger partial charge < -0.3 is 10.8 Å². The molecular weight excluding hydrogens is 425 g/mol. The van der Waals surface area contributed by atoms with Crippen LogP contribution < -0.4 is 5.73 Å². The first kappa shape index (κ1) is 22.0. The second-order valence-electron chi connectivity index (χ2n) is 8.25. The lowest BCUT2D eigenvalue weighted by atomic mass is 9.85. The van der Waals surface area contributed by atoms with Crippen molar-refractivity contribution in [2.24, 2.45) is 0 Å². The molecule has 3 N–H and O–H groups in total. The van der Waals surface area contributed by atoms with Gasteiger partial charge in [0, 0.05) is 16.7 Å². The maximum absolute atomic E-state index is 14.2. The van der Waals surface area contributed by atoms with Crippen LogP contribution in [0.15, 0.2) is 54.7 Å². The van der Waals surface area contributed by atoms with Gasteiger partial charge in [-0.05, 0) is 30.3 Å². The van der Waals surface area contributed by atoms with E-state index in [1.807, 2.05) is 32.0 Å². The Bertz CT molecular complexity index is 1320. The summed E-state index contributed by atoms with van der Waals surface area (Å²) in [4.78, 5) is 24.1. The van der Waals surface area contributed by atoms with E-state index in [-0.39, 0.29) is 12.4 Å². The first-order valence-corrected chi connectivity index (χ1v) is 10.2. The Kier molecular flexibility index (Phi) is 5.82. The van der Waals surface area contributed by atoms with Crippen LogP contribution in [0.25, 0.3) is 22.6 Å². The Balaban J connectivity index is 1.59. The Labute approximate surface area is 189 Å². The number of hydrogen-bond acceptors (Lipinski definition) is 7. The molecule has 0 aliphatic heterocycles. The molecule has 3 heterocycles. The number of hydrogen-bond donors (Lipinski definition) is 2. The summed E-state index contributed by atoms with van der Waals surface area (Å²) in [7, 11) is 0. The predicted molar refractivity (Wildman–Crippen MR) is 119 cm³/mol. The molecule has 1 aromatic carbocycles. The number of aliphatic carboxylic acids is 1. The van der Waals surface area contributed by atoms with E-state index in [0.717, 1.165) is 0 Å². The number of nitrogens with two attached hydrogens (primary N) is 1. The third-order valence-corrected chi connectivity index (χ3v) is 5.11. The quantitative estimate of drug-likeness (QED) is 0.441. The number of nitrogen functional groups attached to an aromatic ring is 1. The molecule has 0 aliphatic rings. The van der Waals surface area contributed by atoms with Gasteiger partial charge >= 0.3 is 5.97 Å². The standard InChI is InChI=1S/C23H22FN7O2/c1-23(2,11-21(32)33)20-9-5-6-14(26-20)12-31-13-19(29-30-31)18-10-17(27-22(25)28-18)15-7-3-4-8-16(15)24/h3-10,13H,11-12H2,1-2H3,(H,32,33)(H2,25,27,28). The van der Waals surface area contributed by atoms with Crippen LogP contribution in [0.5, 0.6) is 0 Å². The van der Waals surface area contributed by atoms with E-state index in [1.54, 1.807) is 35.1 Å². The van der Waals surface area contributed by atoms with Crippen molar-refractivity contribution in [2.45, 2.75) is 32.2 Å². The highest BCUT2D eigenvalue weighted by Gasteiger charge is 2.25. The van der Waals surface area contributed by atoms with E-state index >= 15 is 0 Å². The molecular formula is C23H22FN7O2. The van der Waals surface area contributed by atoms with Gasteiger partial charge in [-0.1, -0.05) is 37.3 Å². The smallest absolute Gasteiger partial charge is 0.304 e. The first-order chi connectivity index (χ1) is 15.7. The number of aromatic nitrogens is 6. The average molecular weight is 447 g/mol. The van der Waals surface area contributed by atoms with Crippen molar-refractivity contribution in [3.8, 4) is 22.6 Å². The SMILES string of the molecule is CC(C)(CC(=O)O)c1cccc(Cn2cc(-c3cc(-c4ccccc4F)nc(N)n3)nn2)n1. The van der Waals surface area contributed by atoms with Gasteiger partial charge in [0.25, 0.3) is 0 Å². The summed E-state index contributed by atoms with van der Waals surface area (Å²) in [5.41, 5.74) is 8.15. The highest BCUT2D eigenvalue weighted by Crippen LogP contribution is 2.27. The van der Waals surface area contributed by atoms with Crippen LogP contribution in [0.1, 0.15) is 31.7 Å². The summed E-state index contributed by atoms with van der Waals surface area (Å²) in [5, 5.41) is 17.5. The van der Waals surface area contributed by atoms with Crippen molar-refractivity contribution in [3.63, 3.8) is 0 Å². The number of benzene rings is 1. The minimum atomic E-state index is -0.882. The monoisotopic (exact) mass is 447 g/mol. The highest BCUT2D eigenvalue weighted by molar-refractivity contribution is 5.69. The molecule has 4 aromatic rings. The molecule has 0 bridgehead atoms. The maximum Gasteiger partial charge on any atom is 0.304 e. The number of carboxylic acid groups (broad SMARTS) is 1. The van der Waals surface area contributed by atoms with E-state index in [0.29, 0.717) is 40.6 Å². The number of anilines is 1. The minimum Gasteiger partial charge on any atom is -0.481 e. The van der Waals surface area contributed by atoms with Crippen molar-refractivity contribution in [1.82, 2.24) is 29.9 Å². The average Bonchev–Trinajstić information content (AvgIpc) is 3.21. The van der Waals surface area contributed by atoms with Gasteiger partial charge in [-0.25, -0.2) is 19.0 Å². The van der Waals surface area contributed by atoms with Crippen molar-refractivity contribution in [1.29, 1.82) is 0 Å². The second-order valence-corrected chi connectivity index (χ2v) is 8.25. The van der Waals surface area contributed by atoms with Gasteiger partial charge in [-0.2, -0.15) is 0 Å². The van der Waals surface area contributed by atoms with E-state index in [9.17, 15) is 9.18 Å². The zero-order valence-electron chi connectivity index (χ0n) is 18.1. The molecule has 4 rings (SSSR count). The van der Waals surface area contributed by atoms with Crippen molar-refractivity contribution >= 4 is 11.9 Å². The highest BCUT2D eigenvalue weighted by atomic mass is 19.1. The number of halogens is 1. The van der Waals surface area contributed by atoms with Gasteiger partial charge in [-0.15, -0.1) is 5.10 Å². The van der Waals surface area contributed by atoms with E-state index < -0.39 is 17.2 Å². The van der Waals surface area contributed by atoms with Crippen LogP contribution in [0.2, 0.25) is 0 Å². The summed E-state index contributed by atoms with van der Waals surface area (Å²) in [6.07, 6.45) is 1.65. The van der Waals surface area contributed by atoms with E-state index in [1.165, 1.54) is 6.07 Å². The van der Waals surface area contributed by atoms with Gasteiger partial charge in [0.2, 0.25) is 5.95 Å². The molecule has 0 atom stereocenters. The molecule has 0 saturated heterocycles. The third-order valence-electron chi connectivity index (χ3n) is 5.11. The number of pyridine rings is 1. The molecule has 0 radical (unpaired) electrons. The van der Waals surface area contributed by atoms with Gasteiger partial charge in [-0.3, -0.25) is 9.78 Å². The molecule has 0 spiro atoms. The predicted octanol–water partition coefficient (Wildman–Crippen LogP) is 3.32. The molecule has 0 aliphatic carbocycles. The zero-order valence-corrected chi connectivity index (χ0v) is 18.1. The van der Waals surface area contributed by atoms with Crippen LogP contribution in [0.3, 0.4) is 0 Å². The topological polar surface area (TPSA) is 133 Å². The van der Waals surface area contributed by atoms with Crippen LogP contribution in [0.4, 0.5) is 10.3 Å². The molecule has 0 fully saturated rings. The fraction of sp³-hybridized carbons (Fsp3) is 0.217. The molecule has 10 heteroatoms. The molecule has 0 amide bonds. The molecule has 9 nitrogen and oxygen atoms in total. The summed E-state index contributed by atoms with van der Waals surface area (Å²) >= 11 is 0. The fourth-order valence-electron chi connectivity index (χ4n) is 3.48. The van der Waals surface area contributed by atoms with Crippen molar-refractivity contribution < 1.29 is 14.3 Å². The van der Waals surface area contributed by atoms with Crippen LogP contribution in [-0.2, 0) is 16.8 Å². The number of carbonyl (C=O) groups is 1. The Morgan fingerprint density at radius 3 is 2.58 bits per heavy atom. The molecule has 33 heavy (non-hydrogen) atoms. The van der Waals surface area contributed by atoms with Gasteiger partial charge in [0.15, 0.2) is 0 Å². The lowest BCUT2D eigenvalue weighted by Crippen LogP contribution is -2.23. The van der Waals surface area contributed by atoms with E-state index in [2.05, 4.69) is 25.3 Å². The second kappa shape index (κ2) is 8.73. The van der Waals surface area contributed by atoms with Crippen LogP contribution >= 0.6 is 0 Å². The summed E-state index contributed by atoms with van der Waals surface area (Å²) in [6, 6.07) is 13.4. The first-order valence-electron chi connectivity index (χ1n) is 10.2. The third kappa shape index (κ3) is 5.00. The fourth-order valence-corrected chi connectivity index (χ4v) is 3.48. The lowest BCUT2D eigenvalue weighted by molar-refractivity contribution is -0.138. The summed E-state index contributed by atoms with van der Waals surface area (Å²) < 4.78 is 15.8. The van der Waals surface area contributed by atoms with Crippen molar-refractivity contribution in [3.05, 3.63) is 71.9 Å². The van der Waals surface area contributed by atoms with Crippen molar-refractivity contribution in [2.75, 3.05) is 5.73 Å². The zero-order chi connectivity index (χ0) is 23.6. The normalized spacial score (nSPS) is 11.5. The minimum absolute atomic E-state index is 0.00432. The number of carboxylic acids is 1. The number of rotatable bonds is 7. The molecule has 168 valence electrons. The summed E-state index contributed by atoms with van der Waals surface area (Å²) in [6.45, 7) is 4.01. The molecule has 3 aromatic heterocycles. The lowest BCUT2D eigenvalue weighted by Gasteiger charge is -2.22. The number of nitrogens with zero attached hydrogens (tertiary/aromatic N) is 6. The Morgan fingerprint density at radius 2 is 1.82 bits per heavy atom. The molecule has 0 saturated carbocycles. The Morgan fingerprint density at radius 1 is 1.06 bits per heavy atom. The van der Waals surface area contributed by atoms with Crippen LogP contribution in [-0.4, -0.2) is 41.0 Å².